The molecule has 0 spiro atoms. The Morgan fingerprint density at radius 1 is 1.03 bits per heavy atom. The fourth-order valence-electron chi connectivity index (χ4n) is 3.46. The van der Waals surface area contributed by atoms with Gasteiger partial charge in [0.2, 0.25) is 11.8 Å². The molecule has 4 bridgehead atoms. The molecule has 0 saturated heterocycles. The van der Waals surface area contributed by atoms with E-state index in [4.69, 9.17) is 9.72 Å². The van der Waals surface area contributed by atoms with Crippen LogP contribution < -0.4 is 14.8 Å². The normalized spacial score (nSPS) is 14.2. The summed E-state index contributed by atoms with van der Waals surface area (Å²) in [6, 6.07) is 13.7. The molecule has 1 aromatic heterocycles. The summed E-state index contributed by atoms with van der Waals surface area (Å²) in [7, 11) is 0. The van der Waals surface area contributed by atoms with Gasteiger partial charge in [0.25, 0.3) is 5.91 Å². The van der Waals surface area contributed by atoms with Gasteiger partial charge in [-0.3, -0.25) is 9.52 Å². The summed E-state index contributed by atoms with van der Waals surface area (Å²) in [5.74, 6) is 0.950. The zero-order valence-corrected chi connectivity index (χ0v) is 18.1. The van der Waals surface area contributed by atoms with Crippen molar-refractivity contribution in [3.63, 3.8) is 0 Å². The minimum Gasteiger partial charge on any atom is -0.477 e. The van der Waals surface area contributed by atoms with Crippen molar-refractivity contribution in [2.45, 2.75) is 32.1 Å². The van der Waals surface area contributed by atoms with Crippen molar-refractivity contribution < 1.29 is 9.53 Å². The van der Waals surface area contributed by atoms with Gasteiger partial charge >= 0.3 is 0 Å². The topological polar surface area (TPSA) is 76.1 Å². The Kier molecular flexibility index (Phi) is 5.90. The lowest BCUT2D eigenvalue weighted by Gasteiger charge is -2.17. The molecule has 2 N–H and O–H groups in total. The average Bonchev–Trinajstić information content (AvgIpc) is 2.73. The monoisotopic (exact) mass is 420 g/mol. The van der Waals surface area contributed by atoms with Gasteiger partial charge in [-0.2, -0.15) is 4.98 Å². The van der Waals surface area contributed by atoms with Gasteiger partial charge in [0.05, 0.1) is 12.3 Å². The Bertz CT molecular complexity index is 1080. The van der Waals surface area contributed by atoms with Crippen LogP contribution in [0.2, 0.25) is 0 Å². The number of nitrogens with one attached hydrogen (secondary N) is 2. The first-order chi connectivity index (χ1) is 14.5. The minimum absolute atomic E-state index is 0.0854. The van der Waals surface area contributed by atoms with Crippen LogP contribution in [0.25, 0.3) is 11.3 Å². The molecule has 3 aromatic rings. The number of ether oxygens (including phenoxy) is 1. The molecule has 1 aliphatic rings. The van der Waals surface area contributed by atoms with Crippen LogP contribution in [0.1, 0.15) is 33.5 Å². The molecular weight excluding hydrogens is 396 g/mol. The van der Waals surface area contributed by atoms with Crippen LogP contribution >= 0.6 is 11.9 Å². The first-order valence-electron chi connectivity index (χ1n) is 9.92. The maximum Gasteiger partial charge on any atom is 0.251 e. The van der Waals surface area contributed by atoms with Crippen molar-refractivity contribution in [3.05, 3.63) is 64.7 Å². The SMILES string of the molecule is Cc1cccc(C)c1-c1nc2nc(c1C)OCCCNC(=O)c1cccc(c1)SN2. The predicted molar refractivity (Wildman–Crippen MR) is 120 cm³/mol. The van der Waals surface area contributed by atoms with Gasteiger partial charge < -0.3 is 10.1 Å². The highest BCUT2D eigenvalue weighted by Crippen LogP contribution is 2.34. The van der Waals surface area contributed by atoms with Crippen molar-refractivity contribution in [2.24, 2.45) is 0 Å². The molecule has 0 radical (unpaired) electrons. The van der Waals surface area contributed by atoms with E-state index in [9.17, 15) is 4.79 Å². The van der Waals surface area contributed by atoms with E-state index in [1.165, 1.54) is 11.9 Å². The molecule has 1 aliphatic heterocycles. The van der Waals surface area contributed by atoms with Crippen LogP contribution in [0.15, 0.2) is 47.4 Å². The molecule has 0 saturated carbocycles. The average molecular weight is 421 g/mol. The van der Waals surface area contributed by atoms with E-state index in [2.05, 4.69) is 47.1 Å². The van der Waals surface area contributed by atoms with E-state index >= 15 is 0 Å². The van der Waals surface area contributed by atoms with Crippen molar-refractivity contribution in [2.75, 3.05) is 17.9 Å². The Morgan fingerprint density at radius 3 is 2.60 bits per heavy atom. The van der Waals surface area contributed by atoms with E-state index in [1.54, 1.807) is 6.07 Å². The van der Waals surface area contributed by atoms with Gasteiger partial charge in [-0.05, 0) is 68.5 Å². The number of rotatable bonds is 1. The second kappa shape index (κ2) is 8.75. The highest BCUT2D eigenvalue weighted by atomic mass is 32.2. The molecule has 30 heavy (non-hydrogen) atoms. The maximum absolute atomic E-state index is 12.3. The van der Waals surface area contributed by atoms with E-state index in [0.29, 0.717) is 37.0 Å². The molecule has 0 fully saturated rings. The van der Waals surface area contributed by atoms with Crippen molar-refractivity contribution in [1.29, 1.82) is 0 Å². The molecule has 4 rings (SSSR count). The number of hydrogen-bond acceptors (Lipinski definition) is 6. The number of aryl methyl sites for hydroxylation is 2. The van der Waals surface area contributed by atoms with Gasteiger partial charge in [0.15, 0.2) is 0 Å². The lowest BCUT2D eigenvalue weighted by molar-refractivity contribution is 0.0951. The zero-order chi connectivity index (χ0) is 21.1. The smallest absolute Gasteiger partial charge is 0.251 e. The second-order valence-corrected chi connectivity index (χ2v) is 8.16. The third kappa shape index (κ3) is 4.26. The molecule has 2 heterocycles. The molecule has 6 nitrogen and oxygen atoms in total. The molecule has 0 atom stereocenters. The van der Waals surface area contributed by atoms with Gasteiger partial charge in [-0.1, -0.05) is 24.3 Å². The summed E-state index contributed by atoms with van der Waals surface area (Å²) < 4.78 is 9.22. The lowest BCUT2D eigenvalue weighted by Crippen LogP contribution is -2.25. The van der Waals surface area contributed by atoms with E-state index in [0.717, 1.165) is 32.8 Å². The second-order valence-electron chi connectivity index (χ2n) is 7.28. The molecular formula is C23H24N4O2S. The number of hydrogen-bond donors (Lipinski definition) is 2. The van der Waals surface area contributed by atoms with Crippen LogP contribution in [0.4, 0.5) is 5.95 Å². The van der Waals surface area contributed by atoms with Crippen LogP contribution in [0, 0.1) is 20.8 Å². The van der Waals surface area contributed by atoms with Crippen molar-refractivity contribution >= 4 is 23.8 Å². The fraction of sp³-hybridized carbons (Fsp3) is 0.261. The quantitative estimate of drug-likeness (QED) is 0.556. The number of carbonyl (C=O) groups excluding carboxylic acids is 1. The molecule has 1 amide bonds. The Labute approximate surface area is 180 Å². The molecule has 2 aromatic carbocycles. The molecule has 154 valence electrons. The lowest BCUT2D eigenvalue weighted by atomic mass is 9.97. The number of aromatic nitrogens is 2. The minimum atomic E-state index is -0.0854. The highest BCUT2D eigenvalue weighted by molar-refractivity contribution is 8.00. The van der Waals surface area contributed by atoms with Gasteiger partial charge in [-0.15, -0.1) is 0 Å². The molecule has 0 aliphatic carbocycles. The summed E-state index contributed by atoms with van der Waals surface area (Å²) in [5.41, 5.74) is 5.82. The predicted octanol–water partition coefficient (Wildman–Crippen LogP) is 4.70. The summed E-state index contributed by atoms with van der Waals surface area (Å²) in [6.07, 6.45) is 0.686. The fourth-order valence-corrected chi connectivity index (χ4v) is 4.10. The summed E-state index contributed by atoms with van der Waals surface area (Å²) in [4.78, 5) is 22.7. The maximum atomic E-state index is 12.3. The standard InChI is InChI=1S/C23H24N4O2S/c1-14-7-4-8-15(2)19(14)20-16(3)22-26-23(25-20)27-30-18-10-5-9-17(13-18)21(28)24-11-6-12-29-22/h4-5,7-10,13H,6,11-12H2,1-3H3,(H,24,28)(H,25,26,27). The number of carbonyl (C=O) groups is 1. The number of benzene rings is 2. The first kappa shape index (κ1) is 20.2. The molecule has 0 unspecified atom stereocenters. The Morgan fingerprint density at radius 2 is 1.80 bits per heavy atom. The summed E-state index contributed by atoms with van der Waals surface area (Å²) in [5, 5.41) is 2.94. The molecule has 7 heteroatoms. The van der Waals surface area contributed by atoms with Crippen LogP contribution in [-0.2, 0) is 0 Å². The van der Waals surface area contributed by atoms with E-state index in [1.807, 2.05) is 25.1 Å². The number of anilines is 1. The van der Waals surface area contributed by atoms with E-state index < -0.39 is 0 Å². The van der Waals surface area contributed by atoms with Crippen LogP contribution in [0.5, 0.6) is 5.88 Å². The number of amides is 1. The van der Waals surface area contributed by atoms with Gasteiger partial charge in [0.1, 0.15) is 0 Å². The number of fused-ring (bicyclic) bond motifs is 4. The highest BCUT2D eigenvalue weighted by Gasteiger charge is 2.18. The summed E-state index contributed by atoms with van der Waals surface area (Å²) >= 11 is 1.37. The number of nitrogens with zero attached hydrogens (tertiary/aromatic N) is 2. The zero-order valence-electron chi connectivity index (χ0n) is 17.3. The van der Waals surface area contributed by atoms with Gasteiger partial charge in [-0.25, -0.2) is 4.98 Å². The first-order valence-corrected chi connectivity index (χ1v) is 10.7. The van der Waals surface area contributed by atoms with Crippen LogP contribution in [0.3, 0.4) is 0 Å². The van der Waals surface area contributed by atoms with Gasteiger partial charge in [0, 0.05) is 28.1 Å². The third-order valence-corrected chi connectivity index (χ3v) is 5.80. The van der Waals surface area contributed by atoms with Crippen molar-refractivity contribution in [3.8, 4) is 17.1 Å². The Hall–Kier alpha value is -3.06. The summed E-state index contributed by atoms with van der Waals surface area (Å²) in [6.45, 7) is 7.16. The third-order valence-electron chi connectivity index (χ3n) is 5.02. The van der Waals surface area contributed by atoms with E-state index in [-0.39, 0.29) is 5.91 Å². The van der Waals surface area contributed by atoms with Crippen LogP contribution in [-0.4, -0.2) is 29.0 Å². The Balaban J connectivity index is 1.77. The van der Waals surface area contributed by atoms with Crippen molar-refractivity contribution in [1.82, 2.24) is 15.3 Å². The largest absolute Gasteiger partial charge is 0.477 e.